The van der Waals surface area contributed by atoms with Crippen molar-refractivity contribution in [3.63, 3.8) is 0 Å². The number of rotatable bonds is 7. The van der Waals surface area contributed by atoms with Crippen molar-refractivity contribution in [3.8, 4) is 56.8 Å². The molecule has 0 bridgehead atoms. The number of anilines is 6. The average molecular weight is 917 g/mol. The van der Waals surface area contributed by atoms with E-state index >= 15 is 0 Å². The highest BCUT2D eigenvalue weighted by atomic mass is 32.2. The first-order chi connectivity index (χ1) is 34.7. The summed E-state index contributed by atoms with van der Waals surface area (Å²) in [5.41, 5.74) is 16.2. The summed E-state index contributed by atoms with van der Waals surface area (Å²) in [5, 5.41) is 0. The molecule has 2 aromatic heterocycles. The van der Waals surface area contributed by atoms with Crippen molar-refractivity contribution in [2.75, 3.05) is 9.80 Å². The van der Waals surface area contributed by atoms with E-state index in [4.69, 9.17) is 14.7 Å². The largest absolute Gasteiger partial charge is 0.453 e. The second-order valence-electron chi connectivity index (χ2n) is 17.4. The molecule has 2 aliphatic heterocycles. The molecule has 8 heteroatoms. The fraction of sp³-hybridized carbons (Fsp3) is 0. The Bertz CT molecular complexity index is 3640. The van der Waals surface area contributed by atoms with Gasteiger partial charge < -0.3 is 14.5 Å². The zero-order valence-electron chi connectivity index (χ0n) is 37.6. The lowest BCUT2D eigenvalue weighted by Crippen LogP contribution is -2.18. The average Bonchev–Trinajstić information content (AvgIpc) is 4.02. The normalized spacial score (nSPS) is 12.6. The topological polar surface area (TPSA) is 51.4 Å². The molecule has 0 atom stereocenters. The number of aromatic nitrogens is 4. The molecule has 0 unspecified atom stereocenters. The zero-order chi connectivity index (χ0) is 46.1. The van der Waals surface area contributed by atoms with Gasteiger partial charge in [0.25, 0.3) is 0 Å². The number of nitrogens with zero attached hydrogens (tertiary/aromatic N) is 6. The lowest BCUT2D eigenvalue weighted by Gasteiger charge is -2.36. The van der Waals surface area contributed by atoms with E-state index in [1.54, 1.807) is 0 Å². The first kappa shape index (κ1) is 40.0. The standard InChI is InChI=1S/C62H40N6OS/c1-3-19-43(20-4-1)65-49-25-9-7-23-47(49)63-61(65)41-35-37-45(55(39-41)67-51-27-11-15-31-57(51)69-58-32-16-12-28-52(58)67)46-38-36-42(62-64-48-24-8-10-26-50(48)66(62)44-21-5-2-6-22-44)40-56(46)68-53-29-13-17-33-59(53)70-60-34-18-14-30-54(60)68/h1-40H. The Balaban J connectivity index is 1.08. The number of hydrogen-bond donors (Lipinski definition) is 0. The van der Waals surface area contributed by atoms with Crippen LogP contribution in [0.15, 0.2) is 252 Å². The molecule has 10 aromatic carbocycles. The maximum Gasteiger partial charge on any atom is 0.151 e. The van der Waals surface area contributed by atoms with E-state index in [0.717, 1.165) is 113 Å². The van der Waals surface area contributed by atoms with Crippen molar-refractivity contribution in [1.29, 1.82) is 0 Å². The molecule has 0 aliphatic carbocycles. The zero-order valence-corrected chi connectivity index (χ0v) is 38.4. The van der Waals surface area contributed by atoms with Crippen molar-refractivity contribution < 1.29 is 4.74 Å². The molecule has 0 N–H and O–H groups in total. The first-order valence-electron chi connectivity index (χ1n) is 23.4. The van der Waals surface area contributed by atoms with Crippen molar-refractivity contribution in [2.45, 2.75) is 9.79 Å². The van der Waals surface area contributed by atoms with Gasteiger partial charge in [-0.15, -0.1) is 0 Å². The van der Waals surface area contributed by atoms with Gasteiger partial charge in [0.1, 0.15) is 11.6 Å². The Morgan fingerprint density at radius 3 is 1.20 bits per heavy atom. The van der Waals surface area contributed by atoms with E-state index in [0.29, 0.717) is 0 Å². The third-order valence-electron chi connectivity index (χ3n) is 13.3. The van der Waals surface area contributed by atoms with Gasteiger partial charge in [0.2, 0.25) is 0 Å². The molecular formula is C62H40N6OS. The third-order valence-corrected chi connectivity index (χ3v) is 14.4. The molecule has 12 aromatic rings. The van der Waals surface area contributed by atoms with Gasteiger partial charge in [-0.1, -0.05) is 145 Å². The number of fused-ring (bicyclic) bond motifs is 6. The highest BCUT2D eigenvalue weighted by molar-refractivity contribution is 7.99. The molecule has 14 rings (SSSR count). The summed E-state index contributed by atoms with van der Waals surface area (Å²) in [5.74, 6) is 3.27. The van der Waals surface area contributed by atoms with E-state index in [1.165, 1.54) is 9.79 Å². The van der Waals surface area contributed by atoms with Crippen molar-refractivity contribution in [1.82, 2.24) is 19.1 Å². The summed E-state index contributed by atoms with van der Waals surface area (Å²) in [6.45, 7) is 0. The second-order valence-corrected chi connectivity index (χ2v) is 18.5. The fourth-order valence-electron chi connectivity index (χ4n) is 10.2. The third kappa shape index (κ3) is 6.45. The van der Waals surface area contributed by atoms with Crippen LogP contribution in [0.25, 0.3) is 67.3 Å². The number of ether oxygens (including phenoxy) is 1. The molecule has 7 nitrogen and oxygen atoms in total. The van der Waals surface area contributed by atoms with Gasteiger partial charge in [-0.05, 0) is 109 Å². The molecule has 2 aliphatic rings. The lowest BCUT2D eigenvalue weighted by molar-refractivity contribution is 0.477. The quantitative estimate of drug-likeness (QED) is 0.159. The maximum atomic E-state index is 6.66. The highest BCUT2D eigenvalue weighted by Gasteiger charge is 2.32. The summed E-state index contributed by atoms with van der Waals surface area (Å²) in [6.07, 6.45) is 0. The fourth-order valence-corrected chi connectivity index (χ4v) is 11.3. The SMILES string of the molecule is c1ccc(-n2c(-c3ccc(-c4ccc(-c5nc6ccccc6n5-c5ccccc5)cc4N4c5ccccc5Sc5ccccc54)c(N4c5ccccc5Oc5ccccc54)c3)nc3ccccc32)cc1. The van der Waals surface area contributed by atoms with Crippen LogP contribution < -0.4 is 14.5 Å². The van der Waals surface area contributed by atoms with Crippen LogP contribution in [0.4, 0.5) is 34.1 Å². The Kier molecular flexibility index (Phi) is 9.31. The molecule has 0 fully saturated rings. The van der Waals surface area contributed by atoms with Crippen LogP contribution in [0.2, 0.25) is 0 Å². The number of para-hydroxylation sites is 12. The van der Waals surface area contributed by atoms with Crippen molar-refractivity contribution in [3.05, 3.63) is 243 Å². The van der Waals surface area contributed by atoms with Gasteiger partial charge in [-0.3, -0.25) is 9.13 Å². The Hall–Kier alpha value is -9.11. The van der Waals surface area contributed by atoms with Crippen LogP contribution in [-0.2, 0) is 0 Å². The highest BCUT2D eigenvalue weighted by Crippen LogP contribution is 2.57. The van der Waals surface area contributed by atoms with E-state index in [-0.39, 0.29) is 0 Å². The van der Waals surface area contributed by atoms with Gasteiger partial charge >= 0.3 is 0 Å². The molecule has 0 saturated carbocycles. The minimum absolute atomic E-state index is 0.778. The summed E-state index contributed by atoms with van der Waals surface area (Å²) >= 11 is 1.81. The molecule has 0 radical (unpaired) electrons. The molecule has 330 valence electrons. The Labute approximate surface area is 408 Å². The summed E-state index contributed by atoms with van der Waals surface area (Å²) in [6, 6.07) is 85.6. The number of imidazole rings is 2. The van der Waals surface area contributed by atoms with E-state index in [1.807, 2.05) is 23.9 Å². The van der Waals surface area contributed by atoms with Gasteiger partial charge in [-0.2, -0.15) is 0 Å². The summed E-state index contributed by atoms with van der Waals surface area (Å²) in [7, 11) is 0. The summed E-state index contributed by atoms with van der Waals surface area (Å²) < 4.78 is 11.2. The molecule has 0 saturated heterocycles. The number of benzene rings is 10. The Morgan fingerprint density at radius 1 is 0.329 bits per heavy atom. The van der Waals surface area contributed by atoms with Crippen LogP contribution in [0.5, 0.6) is 11.5 Å². The maximum absolute atomic E-state index is 6.66. The van der Waals surface area contributed by atoms with E-state index in [2.05, 4.69) is 249 Å². The molecule has 0 spiro atoms. The van der Waals surface area contributed by atoms with Crippen LogP contribution in [-0.4, -0.2) is 19.1 Å². The molecule has 4 heterocycles. The van der Waals surface area contributed by atoms with E-state index in [9.17, 15) is 0 Å². The monoisotopic (exact) mass is 916 g/mol. The van der Waals surface area contributed by atoms with Crippen LogP contribution in [0.1, 0.15) is 0 Å². The van der Waals surface area contributed by atoms with Crippen molar-refractivity contribution >= 4 is 68.0 Å². The van der Waals surface area contributed by atoms with Crippen molar-refractivity contribution in [2.24, 2.45) is 0 Å². The van der Waals surface area contributed by atoms with Crippen LogP contribution >= 0.6 is 11.8 Å². The van der Waals surface area contributed by atoms with Crippen LogP contribution in [0, 0.1) is 0 Å². The minimum Gasteiger partial charge on any atom is -0.453 e. The predicted molar refractivity (Wildman–Crippen MR) is 286 cm³/mol. The van der Waals surface area contributed by atoms with Gasteiger partial charge in [0.05, 0.1) is 56.2 Å². The van der Waals surface area contributed by atoms with E-state index < -0.39 is 0 Å². The Morgan fingerprint density at radius 2 is 0.714 bits per heavy atom. The lowest BCUT2D eigenvalue weighted by atomic mass is 9.95. The van der Waals surface area contributed by atoms with Gasteiger partial charge in [0.15, 0.2) is 11.5 Å². The summed E-state index contributed by atoms with van der Waals surface area (Å²) in [4.78, 5) is 17.9. The van der Waals surface area contributed by atoms with Gasteiger partial charge in [0, 0.05) is 43.4 Å². The molecular weight excluding hydrogens is 877 g/mol. The smallest absolute Gasteiger partial charge is 0.151 e. The first-order valence-corrected chi connectivity index (χ1v) is 24.2. The molecule has 0 amide bonds. The predicted octanol–water partition coefficient (Wildman–Crippen LogP) is 16.9. The number of hydrogen-bond acceptors (Lipinski definition) is 6. The second kappa shape index (κ2) is 16.3. The van der Waals surface area contributed by atoms with Gasteiger partial charge in [-0.25, -0.2) is 9.97 Å². The minimum atomic E-state index is 0.778. The van der Waals surface area contributed by atoms with Crippen LogP contribution in [0.3, 0.4) is 0 Å². The molecule has 70 heavy (non-hydrogen) atoms.